The normalized spacial score (nSPS) is 32.5. The zero-order valence-electron chi connectivity index (χ0n) is 65.9. The van der Waals surface area contributed by atoms with Crippen molar-refractivity contribution in [1.29, 1.82) is 0 Å². The second kappa shape index (κ2) is 33.9. The van der Waals surface area contributed by atoms with Gasteiger partial charge in [-0.05, 0) is 135 Å². The maximum Gasteiger partial charge on any atom is 0.246 e. The van der Waals surface area contributed by atoms with E-state index in [4.69, 9.17) is 17.2 Å². The molecule has 16 heterocycles. The number of nitrogens with two attached hydrogens (primary N) is 3. The maximum atomic E-state index is 14.9. The molecule has 41 heteroatoms. The largest absolute Gasteiger partial charge is 0.349 e. The summed E-state index contributed by atoms with van der Waals surface area (Å²) in [7, 11) is 0. The quantitative estimate of drug-likeness (QED) is 0.140. The molecule has 14 amide bonds. The highest BCUT2D eigenvalue weighted by Crippen LogP contribution is 2.36. The molecule has 630 valence electrons. The number of hydrogen-bond donors (Lipinski definition) is 5. The number of rotatable bonds is 0. The number of carbonyl (C=O) groups excluding carboxylic acids is 15. The average molecular weight is 1620 g/mol. The number of fused-ring (bicyclic) bond motifs is 18. The molecule has 117 heavy (non-hydrogen) atoms. The molecule has 16 rings (SSSR count). The van der Waals surface area contributed by atoms with Gasteiger partial charge >= 0.3 is 0 Å². The van der Waals surface area contributed by atoms with E-state index in [9.17, 15) is 71.9 Å². The Labute approximate surface area is 674 Å². The first-order valence-corrected chi connectivity index (χ1v) is 42.1. The van der Waals surface area contributed by atoms with E-state index in [1.807, 2.05) is 0 Å². The lowest BCUT2D eigenvalue weighted by atomic mass is 10.0. The van der Waals surface area contributed by atoms with Crippen molar-refractivity contribution in [1.82, 2.24) is 114 Å². The number of Topliss-reactive ketones (excluding diaryl/α,β-unsaturated/α-hetero) is 1. The van der Waals surface area contributed by atoms with Gasteiger partial charge in [0.05, 0.1) is 37.2 Å². The molecule has 15 atom stereocenters. The molecule has 0 spiro atoms. The van der Waals surface area contributed by atoms with Crippen molar-refractivity contribution < 1.29 is 71.9 Å². The van der Waals surface area contributed by atoms with Crippen LogP contribution in [0.25, 0.3) is 0 Å². The smallest absolute Gasteiger partial charge is 0.246 e. The summed E-state index contributed by atoms with van der Waals surface area (Å²) < 4.78 is 3.93. The Kier molecular flexibility index (Phi) is 23.3. The fourth-order valence-corrected chi connectivity index (χ4v) is 20.8. The van der Waals surface area contributed by atoms with Crippen molar-refractivity contribution in [2.24, 2.45) is 17.2 Å². The van der Waals surface area contributed by atoms with Gasteiger partial charge in [-0.2, -0.15) is 0 Å². The van der Waals surface area contributed by atoms with Crippen LogP contribution >= 0.6 is 0 Å². The van der Waals surface area contributed by atoms with Crippen molar-refractivity contribution in [2.75, 3.05) is 78.5 Å². The van der Waals surface area contributed by atoms with Crippen LogP contribution in [0.15, 0.2) is 18.6 Å². The number of aromatic nitrogens is 9. The molecule has 0 aliphatic carbocycles. The second-order valence-corrected chi connectivity index (χ2v) is 34.0. The first-order valence-electron chi connectivity index (χ1n) is 42.1. The van der Waals surface area contributed by atoms with Crippen LogP contribution < -0.4 is 27.8 Å². The molecule has 3 aromatic heterocycles. The van der Waals surface area contributed by atoms with E-state index in [0.717, 1.165) is 0 Å². The van der Waals surface area contributed by atoms with Crippen molar-refractivity contribution in [3.63, 3.8) is 0 Å². The summed E-state index contributed by atoms with van der Waals surface area (Å²) in [6.07, 6.45) is 12.9. The lowest BCUT2D eigenvalue weighted by molar-refractivity contribution is -0.152. The fraction of sp³-hybridized carbons (Fsp3) is 0.724. The van der Waals surface area contributed by atoms with E-state index in [1.165, 1.54) is 70.5 Å². The van der Waals surface area contributed by atoms with Crippen LogP contribution in [0.4, 0.5) is 0 Å². The van der Waals surface area contributed by atoms with Crippen molar-refractivity contribution in [3.8, 4) is 0 Å². The zero-order valence-corrected chi connectivity index (χ0v) is 65.9. The van der Waals surface area contributed by atoms with Crippen LogP contribution in [0, 0.1) is 0 Å². The van der Waals surface area contributed by atoms with Crippen molar-refractivity contribution in [3.05, 3.63) is 35.7 Å². The SMILES string of the molecule is N[C@@H]1C[C@H]2C(=O)N3CCC[C@H]3C(=O)N3CCC[C@H]3C(=O)N3CCC[C@H]3C(=O)CCc3cn(nn3)CC(=O)N3CCC[C@H]3C(=O)N3CCC[C@H]3C(=O)N3CCC[C@H]3C(=O)N3CCC[C@H]3C(=O)NCc3cn(nn3)CC(=O)N3C[C@H](N)C[C@H]3C(=O)N3CCC[C@H]3C(=O)N3C[C@H](N)C[C@H]3C(=O)N3CCC[C@H]3C(=O)NCc3cn(nn3)CC(=O)N2C1. The van der Waals surface area contributed by atoms with Crippen LogP contribution in [0.5, 0.6) is 0 Å². The monoisotopic (exact) mass is 1620 g/mol. The summed E-state index contributed by atoms with van der Waals surface area (Å²) in [5, 5.41) is 30.9. The molecule has 12 fully saturated rings. The molecule has 13 aliphatic heterocycles. The minimum absolute atomic E-state index is 0.00816. The topological polar surface area (TPSA) is 489 Å². The Hall–Kier alpha value is -10.4. The lowest BCUT2D eigenvalue weighted by Gasteiger charge is -2.35. The zero-order chi connectivity index (χ0) is 81.8. The van der Waals surface area contributed by atoms with E-state index in [0.29, 0.717) is 134 Å². The Bertz CT molecular complexity index is 4410. The third-order valence-corrected chi connectivity index (χ3v) is 26.5. The van der Waals surface area contributed by atoms with Crippen LogP contribution in [-0.2, 0) is 111 Å². The molecule has 6 bridgehead atoms. The van der Waals surface area contributed by atoms with Gasteiger partial charge in [0.1, 0.15) is 97.5 Å². The second-order valence-electron chi connectivity index (χ2n) is 34.0. The average Bonchev–Trinajstić information content (AvgIpc) is 1.64. The Morgan fingerprint density at radius 2 is 0.521 bits per heavy atom. The summed E-state index contributed by atoms with van der Waals surface area (Å²) in [5.74, 6) is -6.20. The molecule has 0 aromatic carbocycles. The van der Waals surface area contributed by atoms with Gasteiger partial charge < -0.3 is 86.6 Å². The highest BCUT2D eigenvalue weighted by molar-refractivity contribution is 6.00. The van der Waals surface area contributed by atoms with Crippen LogP contribution in [0.3, 0.4) is 0 Å². The highest BCUT2D eigenvalue weighted by Gasteiger charge is 2.54. The van der Waals surface area contributed by atoms with Gasteiger partial charge in [0.15, 0.2) is 5.78 Å². The first-order chi connectivity index (χ1) is 56.4. The minimum Gasteiger partial charge on any atom is -0.349 e. The van der Waals surface area contributed by atoms with Gasteiger partial charge in [-0.15, -0.1) is 15.3 Å². The van der Waals surface area contributed by atoms with E-state index in [2.05, 4.69) is 41.6 Å². The number of amides is 14. The molecule has 41 nitrogen and oxygen atoms in total. The Balaban J connectivity index is 0.600. The molecular weight excluding hydrogens is 1520 g/mol. The summed E-state index contributed by atoms with van der Waals surface area (Å²) >= 11 is 0. The van der Waals surface area contributed by atoms with E-state index in [1.54, 1.807) is 20.9 Å². The minimum atomic E-state index is -1.04. The molecule has 12 saturated heterocycles. The molecular formula is C76H106N26O15. The predicted octanol–water partition coefficient (Wildman–Crippen LogP) is -5.69. The van der Waals surface area contributed by atoms with E-state index in [-0.39, 0.29) is 184 Å². The highest BCUT2D eigenvalue weighted by atomic mass is 16.2. The third-order valence-electron chi connectivity index (χ3n) is 26.5. The summed E-state index contributed by atoms with van der Waals surface area (Å²) in [6, 6.07) is -12.7. The molecule has 0 saturated carbocycles. The summed E-state index contributed by atoms with van der Waals surface area (Å²) in [5.41, 5.74) is 20.5. The van der Waals surface area contributed by atoms with Gasteiger partial charge in [-0.25, -0.2) is 14.0 Å². The number of nitrogens with zero attached hydrogens (tertiary/aromatic N) is 21. The number of aryl methyl sites for hydroxylation is 1. The molecule has 0 radical (unpaired) electrons. The number of hydrogen-bond acceptors (Lipinski definition) is 24. The summed E-state index contributed by atoms with van der Waals surface area (Å²) in [6.45, 7) is 1.26. The molecule has 0 unspecified atom stereocenters. The Morgan fingerprint density at radius 3 is 0.880 bits per heavy atom. The van der Waals surface area contributed by atoms with E-state index >= 15 is 0 Å². The first kappa shape index (κ1) is 80.3. The van der Waals surface area contributed by atoms with Gasteiger partial charge in [0.25, 0.3) is 0 Å². The van der Waals surface area contributed by atoms with Gasteiger partial charge in [0, 0.05) is 116 Å². The van der Waals surface area contributed by atoms with Crippen LogP contribution in [0.2, 0.25) is 0 Å². The lowest BCUT2D eigenvalue weighted by Crippen LogP contribution is -2.57. The number of nitrogens with one attached hydrogen (secondary N) is 2. The van der Waals surface area contributed by atoms with Crippen molar-refractivity contribution >= 4 is 88.5 Å². The van der Waals surface area contributed by atoms with Crippen LogP contribution in [-0.4, -0.2) is 361 Å². The van der Waals surface area contributed by atoms with Gasteiger partial charge in [0.2, 0.25) is 82.7 Å². The van der Waals surface area contributed by atoms with Gasteiger partial charge in [-0.3, -0.25) is 71.9 Å². The van der Waals surface area contributed by atoms with Gasteiger partial charge in [-0.1, -0.05) is 15.6 Å². The number of carbonyl (C=O) groups is 15. The number of ketones is 1. The molecule has 13 aliphatic rings. The molecule has 8 N–H and O–H groups in total. The third kappa shape index (κ3) is 16.0. The Morgan fingerprint density at radius 1 is 0.274 bits per heavy atom. The van der Waals surface area contributed by atoms with E-state index < -0.39 is 138 Å². The molecule has 3 aromatic rings. The predicted molar refractivity (Wildman–Crippen MR) is 404 cm³/mol. The maximum absolute atomic E-state index is 14.9. The van der Waals surface area contributed by atoms with Crippen LogP contribution in [0.1, 0.15) is 158 Å². The fourth-order valence-electron chi connectivity index (χ4n) is 20.8. The standard InChI is InChI=1S/C76H106N26O15/c77-44-30-59-74(115)98-28-8-17-57(98)72(113)96-26-5-14-54(96)69(110)92-22-1-10-50(92)62(103)20-19-47-38-88(85-82-47)41-63(104)91-21-4-13-53(91)68(109)95-25-7-16-56(95)71(112)97-27-6-15-55(97)70(111)93-23-2-11-51(93)66(107)80-33-48-39-89(86-83-48)43-65(106)101-36-45(78)31-60(101)75(116)99-29-9-18-58(99)73(114)102-37-46(79)32-61(102)76(117)94-24-3-12-52(94)67(108)81-34-49-40-90(87-84-49)42-64(105)100(59)35-44/h38-40,44-46,50-61H,1-37,41-43,77-79H2,(H,80,107)(H,81,108)/t44-,45-,46-,50+,51+,52+,53+,54+,55+,56+,57+,58+,59+,60+,61+/m1/s1. The summed E-state index contributed by atoms with van der Waals surface area (Å²) in [4.78, 5) is 235. The van der Waals surface area contributed by atoms with Crippen molar-refractivity contribution in [2.45, 2.75) is 271 Å².